The van der Waals surface area contributed by atoms with Gasteiger partial charge in [-0.05, 0) is 31.3 Å². The number of carbonyl (C=O) groups is 2. The van der Waals surface area contributed by atoms with Gasteiger partial charge in [-0.15, -0.1) is 0 Å². The van der Waals surface area contributed by atoms with Crippen molar-refractivity contribution in [2.75, 3.05) is 13.2 Å². The molecule has 0 aromatic heterocycles. The molecular formula is C16H15F4NO3S2. The second-order valence-corrected chi connectivity index (χ2v) is 7.34. The first-order valence-corrected chi connectivity index (χ1v) is 8.93. The van der Waals surface area contributed by atoms with Crippen LogP contribution in [0.2, 0.25) is 0 Å². The topological polar surface area (TPSA) is 46.6 Å². The van der Waals surface area contributed by atoms with Gasteiger partial charge in [0, 0.05) is 18.2 Å². The third-order valence-electron chi connectivity index (χ3n) is 3.61. The molecule has 4 nitrogen and oxygen atoms in total. The summed E-state index contributed by atoms with van der Waals surface area (Å²) in [4.78, 5) is 25.5. The van der Waals surface area contributed by atoms with E-state index in [1.165, 1.54) is 12.1 Å². The number of hydrogen-bond acceptors (Lipinski definition) is 5. The van der Waals surface area contributed by atoms with E-state index in [-0.39, 0.29) is 22.1 Å². The number of benzene rings is 1. The second-order valence-electron chi connectivity index (χ2n) is 5.43. The van der Waals surface area contributed by atoms with Crippen LogP contribution in [-0.4, -0.2) is 51.8 Å². The number of hydrogen-bond donors (Lipinski definition) is 0. The number of thioether (sulfide) groups is 1. The van der Waals surface area contributed by atoms with E-state index in [4.69, 9.17) is 17.0 Å². The summed E-state index contributed by atoms with van der Waals surface area (Å²) >= 11 is 5.60. The van der Waals surface area contributed by atoms with E-state index in [1.807, 2.05) is 0 Å². The molecule has 26 heavy (non-hydrogen) atoms. The fraction of sp³-hybridized carbons (Fsp3) is 0.438. The zero-order valence-electron chi connectivity index (χ0n) is 13.6. The first-order valence-electron chi connectivity index (χ1n) is 7.64. The Bertz CT molecular complexity index is 676. The monoisotopic (exact) mass is 409 g/mol. The lowest BCUT2D eigenvalue weighted by Gasteiger charge is -2.24. The summed E-state index contributed by atoms with van der Waals surface area (Å²) in [5.74, 6) is -1.25. The Hall–Kier alpha value is -1.68. The number of amides is 2. The summed E-state index contributed by atoms with van der Waals surface area (Å²) in [6.07, 6.45) is -9.08. The number of rotatable bonds is 6. The fourth-order valence-corrected chi connectivity index (χ4v) is 3.89. The van der Waals surface area contributed by atoms with Crippen molar-refractivity contribution in [1.82, 2.24) is 4.90 Å². The van der Waals surface area contributed by atoms with E-state index in [2.05, 4.69) is 0 Å². The van der Waals surface area contributed by atoms with Gasteiger partial charge in [0.25, 0.3) is 11.8 Å². The summed E-state index contributed by atoms with van der Waals surface area (Å²) in [6.45, 7) is 1.43. The van der Waals surface area contributed by atoms with Crippen LogP contribution in [0.5, 0.6) is 0 Å². The Labute approximate surface area is 156 Å². The zero-order chi connectivity index (χ0) is 19.5. The highest BCUT2D eigenvalue weighted by molar-refractivity contribution is 8.23. The first kappa shape index (κ1) is 20.6. The molecule has 1 heterocycles. The van der Waals surface area contributed by atoms with Crippen molar-refractivity contribution in [3.05, 3.63) is 35.4 Å². The zero-order valence-corrected chi connectivity index (χ0v) is 15.2. The molecule has 0 radical (unpaired) electrons. The van der Waals surface area contributed by atoms with Crippen LogP contribution in [0.4, 0.5) is 17.6 Å². The normalized spacial score (nSPS) is 16.4. The van der Waals surface area contributed by atoms with Crippen LogP contribution in [0.1, 0.15) is 34.1 Å². The summed E-state index contributed by atoms with van der Waals surface area (Å²) in [7, 11) is 0. The first-order chi connectivity index (χ1) is 12.1. The van der Waals surface area contributed by atoms with Gasteiger partial charge < -0.3 is 4.74 Å². The SMILES string of the molecule is CCOC(=S)SC(CC(F)C(F)(F)F)CN1C(=O)c2ccccc2C1=O. The fourth-order valence-electron chi connectivity index (χ4n) is 2.42. The molecule has 0 N–H and O–H groups in total. The molecule has 0 spiro atoms. The Morgan fingerprint density at radius 2 is 1.77 bits per heavy atom. The van der Waals surface area contributed by atoms with Crippen LogP contribution < -0.4 is 0 Å². The van der Waals surface area contributed by atoms with Gasteiger partial charge in [0.2, 0.25) is 4.38 Å². The van der Waals surface area contributed by atoms with Crippen molar-refractivity contribution in [2.45, 2.75) is 30.9 Å². The van der Waals surface area contributed by atoms with Crippen LogP contribution in [0, 0.1) is 0 Å². The van der Waals surface area contributed by atoms with Crippen LogP contribution in [0.25, 0.3) is 0 Å². The summed E-state index contributed by atoms with van der Waals surface area (Å²) < 4.78 is 56.2. The maximum atomic E-state index is 13.5. The summed E-state index contributed by atoms with van der Waals surface area (Å²) in [6, 6.07) is 6.06. The van der Waals surface area contributed by atoms with Gasteiger partial charge >= 0.3 is 6.18 Å². The lowest BCUT2D eigenvalue weighted by molar-refractivity contribution is -0.181. The third kappa shape index (κ3) is 4.73. The summed E-state index contributed by atoms with van der Waals surface area (Å²) in [5.41, 5.74) is 0.336. The Balaban J connectivity index is 2.17. The second kappa shape index (κ2) is 8.34. The molecule has 1 aliphatic rings. The number of ether oxygens (including phenoxy) is 1. The largest absolute Gasteiger partial charge is 0.479 e. The van der Waals surface area contributed by atoms with Gasteiger partial charge in [-0.2, -0.15) is 13.2 Å². The van der Waals surface area contributed by atoms with Crippen molar-refractivity contribution in [3.8, 4) is 0 Å². The van der Waals surface area contributed by atoms with E-state index in [1.54, 1.807) is 19.1 Å². The van der Waals surface area contributed by atoms with E-state index < -0.39 is 42.4 Å². The number of imide groups is 1. The molecule has 2 rings (SSSR count). The molecule has 142 valence electrons. The van der Waals surface area contributed by atoms with Crippen LogP contribution >= 0.6 is 24.0 Å². The maximum Gasteiger partial charge on any atom is 0.419 e. The quantitative estimate of drug-likeness (QED) is 0.404. The highest BCUT2D eigenvalue weighted by Crippen LogP contribution is 2.32. The van der Waals surface area contributed by atoms with Gasteiger partial charge in [-0.1, -0.05) is 23.9 Å². The average Bonchev–Trinajstić information content (AvgIpc) is 2.79. The van der Waals surface area contributed by atoms with Gasteiger partial charge in [0.1, 0.15) is 0 Å². The van der Waals surface area contributed by atoms with E-state index in [0.29, 0.717) is 11.8 Å². The number of thiocarbonyl (C=S) groups is 1. The van der Waals surface area contributed by atoms with Crippen LogP contribution in [0.3, 0.4) is 0 Å². The van der Waals surface area contributed by atoms with E-state index >= 15 is 0 Å². The number of halogens is 4. The van der Waals surface area contributed by atoms with Crippen molar-refractivity contribution >= 4 is 40.2 Å². The van der Waals surface area contributed by atoms with Crippen LogP contribution in [0.15, 0.2) is 24.3 Å². The van der Waals surface area contributed by atoms with Gasteiger partial charge in [-0.3, -0.25) is 14.5 Å². The third-order valence-corrected chi connectivity index (χ3v) is 5.01. The predicted octanol–water partition coefficient (Wildman–Crippen LogP) is 4.00. The molecule has 1 aliphatic heterocycles. The van der Waals surface area contributed by atoms with Crippen molar-refractivity contribution in [1.29, 1.82) is 0 Å². The predicted molar refractivity (Wildman–Crippen MR) is 93.0 cm³/mol. The molecule has 2 amide bonds. The molecule has 2 atom stereocenters. The average molecular weight is 409 g/mol. The van der Waals surface area contributed by atoms with Crippen LogP contribution in [-0.2, 0) is 4.74 Å². The number of alkyl halides is 4. The van der Waals surface area contributed by atoms with Gasteiger partial charge in [0.05, 0.1) is 17.7 Å². The molecule has 1 aromatic carbocycles. The Morgan fingerprint density at radius 1 is 1.23 bits per heavy atom. The maximum absolute atomic E-state index is 13.5. The molecule has 0 fully saturated rings. The van der Waals surface area contributed by atoms with Crippen molar-refractivity contribution in [3.63, 3.8) is 0 Å². The molecule has 0 saturated carbocycles. The number of nitrogens with zero attached hydrogens (tertiary/aromatic N) is 1. The number of fused-ring (bicyclic) bond motifs is 1. The smallest absolute Gasteiger partial charge is 0.419 e. The highest BCUT2D eigenvalue weighted by Gasteiger charge is 2.43. The van der Waals surface area contributed by atoms with E-state index in [9.17, 15) is 27.2 Å². The van der Waals surface area contributed by atoms with Crippen molar-refractivity contribution < 1.29 is 31.9 Å². The van der Waals surface area contributed by atoms with Crippen molar-refractivity contribution in [2.24, 2.45) is 0 Å². The molecule has 0 saturated heterocycles. The molecular weight excluding hydrogens is 394 g/mol. The number of carbonyl (C=O) groups excluding carboxylic acids is 2. The minimum absolute atomic E-state index is 0.0662. The Kier molecular flexibility index (Phi) is 6.62. The van der Waals surface area contributed by atoms with Gasteiger partial charge in [0.15, 0.2) is 6.17 Å². The highest BCUT2D eigenvalue weighted by atomic mass is 32.2. The summed E-state index contributed by atoms with van der Waals surface area (Å²) in [5, 5.41) is -1.09. The minimum atomic E-state index is -5.03. The standard InChI is InChI=1S/C16H15F4NO3S2/c1-2-24-15(25)26-9(7-12(17)16(18,19)20)8-21-13(22)10-5-3-4-6-11(10)14(21)23/h3-6,9,12H,2,7-8H2,1H3. The lowest BCUT2D eigenvalue weighted by Crippen LogP contribution is -2.39. The molecule has 1 aromatic rings. The lowest BCUT2D eigenvalue weighted by atomic mass is 10.1. The molecule has 2 unspecified atom stereocenters. The van der Waals surface area contributed by atoms with E-state index in [0.717, 1.165) is 4.90 Å². The Morgan fingerprint density at radius 3 is 2.23 bits per heavy atom. The van der Waals surface area contributed by atoms with Gasteiger partial charge in [-0.25, -0.2) is 4.39 Å². The minimum Gasteiger partial charge on any atom is -0.479 e. The molecule has 10 heteroatoms. The molecule has 0 aliphatic carbocycles. The molecule has 0 bridgehead atoms.